The third-order valence-corrected chi connectivity index (χ3v) is 11.9. The highest BCUT2D eigenvalue weighted by atomic mass is 28.4. The summed E-state index contributed by atoms with van der Waals surface area (Å²) in [6.07, 6.45) is 2.42. The van der Waals surface area contributed by atoms with Crippen LogP contribution >= 0.6 is 0 Å². The van der Waals surface area contributed by atoms with Gasteiger partial charge in [-0.3, -0.25) is 0 Å². The average Bonchev–Trinajstić information content (AvgIpc) is 2.77. The minimum atomic E-state index is -2.33. The number of carbonyl (C=O) groups is 1. The highest BCUT2D eigenvalue weighted by Crippen LogP contribution is 2.53. The maximum Gasteiger partial charge on any atom is 0.349 e. The lowest BCUT2D eigenvalue weighted by Gasteiger charge is -2.52. The molecule has 2 aromatic carbocycles. The Morgan fingerprint density at radius 1 is 0.882 bits per heavy atom. The lowest BCUT2D eigenvalue weighted by molar-refractivity contribution is -0.132. The van der Waals surface area contributed by atoms with Crippen LogP contribution in [0, 0.1) is 5.92 Å². The van der Waals surface area contributed by atoms with Gasteiger partial charge in [0.05, 0.1) is 0 Å². The molecule has 5 heteroatoms. The molecule has 1 heterocycles. The SMILES string of the molecule is C=C(Cc1ccc(-c2ccc(CCC3CO[Si](C(C)(C)C)(C(C)(C)C)OC3)cc2)cc1)C(=O)O. The Kier molecular flexibility index (Phi) is 7.91. The third-order valence-electron chi connectivity index (χ3n) is 6.82. The van der Waals surface area contributed by atoms with E-state index in [0.717, 1.165) is 42.7 Å². The Hall–Kier alpha value is -2.21. The smallest absolute Gasteiger partial charge is 0.349 e. The highest BCUT2D eigenvalue weighted by molar-refractivity contribution is 6.73. The summed E-state index contributed by atoms with van der Waals surface area (Å²) in [7, 11) is -2.33. The maximum absolute atomic E-state index is 11.0. The van der Waals surface area contributed by atoms with Crippen molar-refractivity contribution in [2.45, 2.75) is 70.9 Å². The first-order valence-corrected chi connectivity index (χ1v) is 14.0. The molecule has 3 rings (SSSR count). The fourth-order valence-corrected chi connectivity index (χ4v) is 10.1. The summed E-state index contributed by atoms with van der Waals surface area (Å²) in [6.45, 7) is 18.7. The van der Waals surface area contributed by atoms with E-state index in [4.69, 9.17) is 14.0 Å². The summed E-state index contributed by atoms with van der Waals surface area (Å²) >= 11 is 0. The van der Waals surface area contributed by atoms with E-state index < -0.39 is 14.5 Å². The van der Waals surface area contributed by atoms with Gasteiger partial charge in [-0.25, -0.2) is 4.79 Å². The molecule has 0 radical (unpaired) electrons. The van der Waals surface area contributed by atoms with Gasteiger partial charge < -0.3 is 14.0 Å². The Bertz CT molecular complexity index is 970. The summed E-state index contributed by atoms with van der Waals surface area (Å²) in [6, 6.07) is 16.7. The second-order valence-electron chi connectivity index (χ2n) is 11.6. The van der Waals surface area contributed by atoms with E-state index in [0.29, 0.717) is 12.3 Å². The molecule has 0 amide bonds. The van der Waals surface area contributed by atoms with Crippen molar-refractivity contribution in [1.29, 1.82) is 0 Å². The molecule has 2 aromatic rings. The summed E-state index contributed by atoms with van der Waals surface area (Å²) in [4.78, 5) is 11.0. The number of aryl methyl sites for hydroxylation is 1. The molecule has 0 bridgehead atoms. The van der Waals surface area contributed by atoms with Gasteiger partial charge >= 0.3 is 14.5 Å². The quantitative estimate of drug-likeness (QED) is 0.337. The maximum atomic E-state index is 11.0. The number of benzene rings is 2. The van der Waals surface area contributed by atoms with Crippen LogP contribution in [0.5, 0.6) is 0 Å². The molecule has 0 aromatic heterocycles. The first kappa shape index (κ1) is 26.4. The van der Waals surface area contributed by atoms with Gasteiger partial charge in [0.1, 0.15) is 0 Å². The molecule has 1 aliphatic heterocycles. The topological polar surface area (TPSA) is 55.8 Å². The number of hydrogen-bond acceptors (Lipinski definition) is 3. The Labute approximate surface area is 206 Å². The highest BCUT2D eigenvalue weighted by Gasteiger charge is 2.59. The Morgan fingerprint density at radius 3 is 1.74 bits per heavy atom. The third kappa shape index (κ3) is 5.88. The van der Waals surface area contributed by atoms with Crippen molar-refractivity contribution in [3.63, 3.8) is 0 Å². The Morgan fingerprint density at radius 2 is 1.32 bits per heavy atom. The summed E-state index contributed by atoms with van der Waals surface area (Å²) < 4.78 is 13.2. The molecule has 0 atom stereocenters. The van der Waals surface area contributed by atoms with E-state index in [1.807, 2.05) is 24.3 Å². The number of rotatable bonds is 7. The number of aliphatic carboxylic acids is 1. The first-order chi connectivity index (χ1) is 15.8. The van der Waals surface area contributed by atoms with Gasteiger partial charge in [-0.1, -0.05) is 96.7 Å². The van der Waals surface area contributed by atoms with Crippen LogP contribution in [0.25, 0.3) is 11.1 Å². The molecular weight excluding hydrogens is 440 g/mol. The predicted octanol–water partition coefficient (Wildman–Crippen LogP) is 7.17. The zero-order valence-corrected chi connectivity index (χ0v) is 22.6. The molecule has 0 unspecified atom stereocenters. The van der Waals surface area contributed by atoms with E-state index in [9.17, 15) is 4.79 Å². The molecule has 34 heavy (non-hydrogen) atoms. The van der Waals surface area contributed by atoms with E-state index >= 15 is 0 Å². The summed E-state index contributed by atoms with van der Waals surface area (Å²) in [5.74, 6) is -0.520. The first-order valence-electron chi connectivity index (χ1n) is 12.2. The van der Waals surface area contributed by atoms with Gasteiger partial charge in [0, 0.05) is 41.2 Å². The zero-order valence-electron chi connectivity index (χ0n) is 21.6. The molecule has 0 spiro atoms. The van der Waals surface area contributed by atoms with E-state index in [1.54, 1.807) is 0 Å². The number of hydrogen-bond donors (Lipinski definition) is 1. The van der Waals surface area contributed by atoms with Crippen molar-refractivity contribution in [2.75, 3.05) is 13.2 Å². The monoisotopic (exact) mass is 480 g/mol. The van der Waals surface area contributed by atoms with Crippen molar-refractivity contribution in [3.8, 4) is 11.1 Å². The van der Waals surface area contributed by atoms with Gasteiger partial charge in [-0.2, -0.15) is 0 Å². The molecule has 0 saturated carbocycles. The molecule has 1 aliphatic rings. The van der Waals surface area contributed by atoms with Gasteiger partial charge in [0.2, 0.25) is 0 Å². The second-order valence-corrected chi connectivity index (χ2v) is 16.4. The summed E-state index contributed by atoms with van der Waals surface area (Å²) in [5.41, 5.74) is 4.75. The van der Waals surface area contributed by atoms with Crippen LogP contribution in [-0.2, 0) is 26.5 Å². The van der Waals surface area contributed by atoms with Crippen molar-refractivity contribution in [2.24, 2.45) is 5.92 Å². The standard InChI is InChI=1S/C29H40O4Si/c1-21(27(30)31)18-23-12-16-26(17-13-23)25-14-10-22(11-15-25)8-9-24-19-32-34(33-20-24,28(2,3)4)29(5,6)7/h10-17,24H,1,8-9,18-20H2,2-7H3,(H,30,31). The molecular formula is C29H40O4Si. The van der Waals surface area contributed by atoms with Crippen LogP contribution in [0.3, 0.4) is 0 Å². The number of carboxylic acids is 1. The van der Waals surface area contributed by atoms with Gasteiger partial charge in [-0.15, -0.1) is 0 Å². The van der Waals surface area contributed by atoms with Crippen LogP contribution in [0.2, 0.25) is 10.1 Å². The molecule has 1 fully saturated rings. The minimum absolute atomic E-state index is 0.0362. The fourth-order valence-electron chi connectivity index (χ4n) is 5.09. The fraction of sp³-hybridized carbons (Fsp3) is 0.483. The molecule has 184 valence electrons. The lowest BCUT2D eigenvalue weighted by Crippen LogP contribution is -2.61. The van der Waals surface area contributed by atoms with Crippen LogP contribution in [0.1, 0.15) is 59.1 Å². The van der Waals surface area contributed by atoms with Crippen LogP contribution in [0.15, 0.2) is 60.7 Å². The molecule has 0 aliphatic carbocycles. The van der Waals surface area contributed by atoms with E-state index in [2.05, 4.69) is 72.4 Å². The van der Waals surface area contributed by atoms with Crippen molar-refractivity contribution in [3.05, 3.63) is 71.8 Å². The van der Waals surface area contributed by atoms with Crippen molar-refractivity contribution < 1.29 is 18.8 Å². The predicted molar refractivity (Wildman–Crippen MR) is 141 cm³/mol. The van der Waals surface area contributed by atoms with Crippen LogP contribution < -0.4 is 0 Å². The van der Waals surface area contributed by atoms with E-state index in [1.165, 1.54) is 5.56 Å². The van der Waals surface area contributed by atoms with Crippen LogP contribution in [0.4, 0.5) is 0 Å². The average molecular weight is 481 g/mol. The number of carboxylic acid groups (broad SMARTS) is 1. The van der Waals surface area contributed by atoms with Gasteiger partial charge in [-0.05, 0) is 35.1 Å². The van der Waals surface area contributed by atoms with Gasteiger partial charge in [0.25, 0.3) is 0 Å². The largest absolute Gasteiger partial charge is 0.478 e. The molecule has 1 saturated heterocycles. The molecule has 1 N–H and O–H groups in total. The van der Waals surface area contributed by atoms with E-state index in [-0.39, 0.29) is 15.6 Å². The van der Waals surface area contributed by atoms with Gasteiger partial charge in [0.15, 0.2) is 0 Å². The minimum Gasteiger partial charge on any atom is -0.478 e. The molecule has 4 nitrogen and oxygen atoms in total. The van der Waals surface area contributed by atoms with Crippen molar-refractivity contribution in [1.82, 2.24) is 0 Å². The normalized spacial score (nSPS) is 16.9. The summed E-state index contributed by atoms with van der Waals surface area (Å²) in [5, 5.41) is 9.08. The zero-order chi connectivity index (χ0) is 25.1. The Balaban J connectivity index is 1.55. The second kappa shape index (κ2) is 10.2. The van der Waals surface area contributed by atoms with Crippen LogP contribution in [-0.4, -0.2) is 32.9 Å². The lowest BCUT2D eigenvalue weighted by atomic mass is 9.97. The van der Waals surface area contributed by atoms with Crippen molar-refractivity contribution >= 4 is 14.5 Å².